The van der Waals surface area contributed by atoms with E-state index in [2.05, 4.69) is 27.6 Å². The first kappa shape index (κ1) is 10.9. The molecule has 0 bridgehead atoms. The summed E-state index contributed by atoms with van der Waals surface area (Å²) in [5, 5.41) is 0.953. The van der Waals surface area contributed by atoms with E-state index in [1.807, 2.05) is 6.92 Å². The first-order valence-corrected chi connectivity index (χ1v) is 5.86. The molecule has 0 N–H and O–H groups in total. The van der Waals surface area contributed by atoms with Crippen molar-refractivity contribution in [1.29, 1.82) is 0 Å². The SMILES string of the molecule is CCc1nc2c(I)cc(Cl)cc2c(=O)o1. The summed E-state index contributed by atoms with van der Waals surface area (Å²) in [7, 11) is 0. The first-order valence-electron chi connectivity index (χ1n) is 4.40. The van der Waals surface area contributed by atoms with Crippen molar-refractivity contribution < 1.29 is 4.42 Å². The molecule has 5 heteroatoms. The second-order valence-corrected chi connectivity index (χ2v) is 4.63. The maximum absolute atomic E-state index is 11.6. The van der Waals surface area contributed by atoms with E-state index in [-0.39, 0.29) is 5.63 Å². The van der Waals surface area contributed by atoms with E-state index in [4.69, 9.17) is 16.0 Å². The van der Waals surface area contributed by atoms with Crippen molar-refractivity contribution in [1.82, 2.24) is 4.98 Å². The summed E-state index contributed by atoms with van der Waals surface area (Å²) in [5.41, 5.74) is 0.283. The minimum absolute atomic E-state index is 0.378. The summed E-state index contributed by atoms with van der Waals surface area (Å²) in [5.74, 6) is 0.452. The molecule has 2 aromatic rings. The van der Waals surface area contributed by atoms with Crippen molar-refractivity contribution in [3.63, 3.8) is 0 Å². The molecule has 78 valence electrons. The summed E-state index contributed by atoms with van der Waals surface area (Å²) in [6.45, 7) is 1.89. The van der Waals surface area contributed by atoms with Crippen LogP contribution in [-0.2, 0) is 6.42 Å². The lowest BCUT2D eigenvalue weighted by Gasteiger charge is -2.01. The van der Waals surface area contributed by atoms with Gasteiger partial charge in [-0.1, -0.05) is 18.5 Å². The van der Waals surface area contributed by atoms with E-state index in [1.165, 1.54) is 0 Å². The summed E-state index contributed by atoms with van der Waals surface area (Å²) in [6, 6.07) is 3.35. The Kier molecular flexibility index (Phi) is 2.97. The quantitative estimate of drug-likeness (QED) is 0.753. The van der Waals surface area contributed by atoms with Crippen molar-refractivity contribution in [2.24, 2.45) is 0 Å². The summed E-state index contributed by atoms with van der Waals surface area (Å²) in [6.07, 6.45) is 0.601. The predicted octanol–water partition coefficient (Wildman–Crippen LogP) is 3.01. The fourth-order valence-corrected chi connectivity index (χ4v) is 2.44. The Morgan fingerprint density at radius 3 is 2.93 bits per heavy atom. The molecular weight excluding hydrogens is 328 g/mol. The molecule has 0 spiro atoms. The second kappa shape index (κ2) is 4.09. The molecule has 0 fully saturated rings. The van der Waals surface area contributed by atoms with E-state index in [9.17, 15) is 4.79 Å². The van der Waals surface area contributed by atoms with Crippen molar-refractivity contribution in [2.45, 2.75) is 13.3 Å². The standard InChI is InChI=1S/C10H7ClINO2/c1-2-8-13-9-6(10(14)15-8)3-5(11)4-7(9)12/h3-4H,2H2,1H3. The summed E-state index contributed by atoms with van der Waals surface area (Å²) < 4.78 is 5.88. The van der Waals surface area contributed by atoms with Gasteiger partial charge in [0.05, 0.1) is 10.9 Å². The summed E-state index contributed by atoms with van der Waals surface area (Å²) >= 11 is 7.96. The van der Waals surface area contributed by atoms with E-state index in [0.29, 0.717) is 28.2 Å². The van der Waals surface area contributed by atoms with Crippen molar-refractivity contribution in [3.05, 3.63) is 37.0 Å². The Balaban J connectivity index is 2.91. The molecule has 0 radical (unpaired) electrons. The van der Waals surface area contributed by atoms with Gasteiger partial charge in [-0.25, -0.2) is 9.78 Å². The maximum atomic E-state index is 11.6. The Bertz CT molecular complexity index is 579. The van der Waals surface area contributed by atoms with E-state index in [0.717, 1.165) is 3.57 Å². The molecule has 0 amide bonds. The van der Waals surface area contributed by atoms with E-state index < -0.39 is 0 Å². The molecule has 0 unspecified atom stereocenters. The van der Waals surface area contributed by atoms with Gasteiger partial charge in [0.15, 0.2) is 5.89 Å². The van der Waals surface area contributed by atoms with Gasteiger partial charge in [-0.05, 0) is 34.7 Å². The van der Waals surface area contributed by atoms with Crippen LogP contribution in [0.1, 0.15) is 12.8 Å². The normalized spacial score (nSPS) is 10.9. The molecule has 3 nitrogen and oxygen atoms in total. The zero-order chi connectivity index (χ0) is 11.0. The minimum Gasteiger partial charge on any atom is -0.408 e. The maximum Gasteiger partial charge on any atom is 0.346 e. The van der Waals surface area contributed by atoms with Crippen LogP contribution >= 0.6 is 34.2 Å². The molecule has 1 aromatic heterocycles. The van der Waals surface area contributed by atoms with Crippen LogP contribution in [0, 0.1) is 3.57 Å². The molecule has 2 rings (SSSR count). The highest BCUT2D eigenvalue weighted by atomic mass is 127. The monoisotopic (exact) mass is 335 g/mol. The van der Waals surface area contributed by atoms with Gasteiger partial charge in [-0.2, -0.15) is 0 Å². The molecule has 1 heterocycles. The Hall–Kier alpha value is -0.620. The Morgan fingerprint density at radius 1 is 1.53 bits per heavy atom. The highest BCUT2D eigenvalue weighted by Crippen LogP contribution is 2.22. The van der Waals surface area contributed by atoms with Crippen molar-refractivity contribution in [2.75, 3.05) is 0 Å². The van der Waals surface area contributed by atoms with Gasteiger partial charge in [0, 0.05) is 15.0 Å². The van der Waals surface area contributed by atoms with Crippen LogP contribution in [0.25, 0.3) is 10.9 Å². The van der Waals surface area contributed by atoms with Crippen LogP contribution in [0.2, 0.25) is 5.02 Å². The molecule has 0 atom stereocenters. The van der Waals surface area contributed by atoms with E-state index in [1.54, 1.807) is 12.1 Å². The highest BCUT2D eigenvalue weighted by Gasteiger charge is 2.09. The number of benzene rings is 1. The molecule has 1 aromatic carbocycles. The Morgan fingerprint density at radius 2 is 2.27 bits per heavy atom. The van der Waals surface area contributed by atoms with Crippen LogP contribution in [-0.4, -0.2) is 4.98 Å². The van der Waals surface area contributed by atoms with Gasteiger partial charge in [0.1, 0.15) is 0 Å². The number of nitrogens with zero attached hydrogens (tertiary/aromatic N) is 1. The first-order chi connectivity index (χ1) is 7.11. The number of aryl methyl sites for hydroxylation is 1. The molecule has 0 saturated heterocycles. The van der Waals surface area contributed by atoms with Crippen LogP contribution in [0.5, 0.6) is 0 Å². The zero-order valence-electron chi connectivity index (χ0n) is 7.88. The molecule has 0 saturated carbocycles. The lowest BCUT2D eigenvalue weighted by Crippen LogP contribution is -2.05. The third-order valence-electron chi connectivity index (χ3n) is 2.00. The number of fused-ring (bicyclic) bond motifs is 1. The van der Waals surface area contributed by atoms with Crippen LogP contribution in [0.4, 0.5) is 0 Å². The van der Waals surface area contributed by atoms with Crippen molar-refractivity contribution in [3.8, 4) is 0 Å². The number of hydrogen-bond acceptors (Lipinski definition) is 3. The Labute approximate surface area is 105 Å². The number of halogens is 2. The smallest absolute Gasteiger partial charge is 0.346 e. The van der Waals surface area contributed by atoms with Crippen LogP contribution in [0.15, 0.2) is 21.3 Å². The highest BCUT2D eigenvalue weighted by molar-refractivity contribution is 14.1. The second-order valence-electron chi connectivity index (χ2n) is 3.03. The molecule has 0 aliphatic rings. The topological polar surface area (TPSA) is 43.1 Å². The average molecular weight is 336 g/mol. The average Bonchev–Trinajstić information content (AvgIpc) is 2.19. The van der Waals surface area contributed by atoms with Gasteiger partial charge in [-0.15, -0.1) is 0 Å². The third kappa shape index (κ3) is 2.01. The summed E-state index contributed by atoms with van der Waals surface area (Å²) in [4.78, 5) is 15.9. The number of hydrogen-bond donors (Lipinski definition) is 0. The third-order valence-corrected chi connectivity index (χ3v) is 3.04. The fraction of sp³-hybridized carbons (Fsp3) is 0.200. The molecule has 15 heavy (non-hydrogen) atoms. The van der Waals surface area contributed by atoms with Gasteiger partial charge in [-0.3, -0.25) is 0 Å². The molecule has 0 aliphatic heterocycles. The van der Waals surface area contributed by atoms with Gasteiger partial charge >= 0.3 is 5.63 Å². The number of aromatic nitrogens is 1. The zero-order valence-corrected chi connectivity index (χ0v) is 10.8. The predicted molar refractivity (Wildman–Crippen MR) is 67.4 cm³/mol. The molecular formula is C10H7ClINO2. The van der Waals surface area contributed by atoms with Gasteiger partial charge in [0.2, 0.25) is 0 Å². The van der Waals surface area contributed by atoms with Crippen LogP contribution < -0.4 is 5.63 Å². The molecule has 0 aliphatic carbocycles. The van der Waals surface area contributed by atoms with E-state index >= 15 is 0 Å². The lowest BCUT2D eigenvalue weighted by atomic mass is 10.2. The van der Waals surface area contributed by atoms with Gasteiger partial charge in [0.25, 0.3) is 0 Å². The lowest BCUT2D eigenvalue weighted by molar-refractivity contribution is 0.450. The van der Waals surface area contributed by atoms with Gasteiger partial charge < -0.3 is 4.42 Å². The number of rotatable bonds is 1. The minimum atomic E-state index is -0.378. The van der Waals surface area contributed by atoms with Crippen molar-refractivity contribution >= 4 is 45.1 Å². The van der Waals surface area contributed by atoms with Crippen LogP contribution in [0.3, 0.4) is 0 Å². The largest absolute Gasteiger partial charge is 0.408 e. The fourth-order valence-electron chi connectivity index (χ4n) is 1.30.